The molecule has 0 aliphatic carbocycles. The number of benzene rings is 1. The summed E-state index contributed by atoms with van der Waals surface area (Å²) in [5, 5.41) is 17.7. The second-order valence-electron chi connectivity index (χ2n) is 10.8. The highest BCUT2D eigenvalue weighted by Gasteiger charge is 2.25. The molecule has 3 N–H and O–H groups in total. The average Bonchev–Trinajstić information content (AvgIpc) is 3.28. The molecule has 1 aromatic carbocycles. The van der Waals surface area contributed by atoms with E-state index in [-0.39, 0.29) is 6.04 Å². The van der Waals surface area contributed by atoms with E-state index >= 15 is 0 Å². The summed E-state index contributed by atoms with van der Waals surface area (Å²) in [4.78, 5) is 21.0. The largest absolute Gasteiger partial charge is 0.492 e. The van der Waals surface area contributed by atoms with E-state index in [1.54, 1.807) is 20.0 Å². The molecule has 0 saturated carbocycles. The molecular weight excluding hydrogens is 528 g/mol. The van der Waals surface area contributed by atoms with Crippen LogP contribution < -0.4 is 15.4 Å². The molecule has 0 spiro atoms. The Morgan fingerprint density at radius 1 is 1.15 bits per heavy atom. The molecule has 4 heterocycles. The summed E-state index contributed by atoms with van der Waals surface area (Å²) in [5.41, 5.74) is 3.02. The maximum Gasteiger partial charge on any atom is 0.166 e. The molecule has 1 aliphatic heterocycles. The quantitative estimate of drug-likeness (QED) is 0.265. The number of aryl methyl sites for hydroxylation is 1. The van der Waals surface area contributed by atoms with Crippen LogP contribution in [-0.4, -0.2) is 85.5 Å². The number of aliphatic hydroxyl groups is 1. The zero-order chi connectivity index (χ0) is 28.3. The van der Waals surface area contributed by atoms with E-state index in [2.05, 4.69) is 30.5 Å². The number of anilines is 1. The Morgan fingerprint density at radius 2 is 1.95 bits per heavy atom. The summed E-state index contributed by atoms with van der Waals surface area (Å²) in [6.07, 6.45) is 3.31. The van der Waals surface area contributed by atoms with Gasteiger partial charge in [0.25, 0.3) is 0 Å². The Kier molecular flexibility index (Phi) is 8.51. The Morgan fingerprint density at radius 3 is 2.67 bits per heavy atom. The van der Waals surface area contributed by atoms with E-state index in [1.807, 2.05) is 48.7 Å². The van der Waals surface area contributed by atoms with Crippen LogP contribution in [0, 0.1) is 6.92 Å². The van der Waals surface area contributed by atoms with Crippen molar-refractivity contribution in [1.82, 2.24) is 34.7 Å². The molecule has 1 saturated heterocycles. The van der Waals surface area contributed by atoms with Crippen molar-refractivity contribution < 1.29 is 9.84 Å². The summed E-state index contributed by atoms with van der Waals surface area (Å²) in [6.45, 7) is 13.5. The molecule has 1 aliphatic rings. The molecule has 10 nitrogen and oxygen atoms in total. The van der Waals surface area contributed by atoms with Crippen LogP contribution in [0.1, 0.15) is 32.0 Å². The molecule has 40 heavy (non-hydrogen) atoms. The number of halogens is 1. The molecule has 212 valence electrons. The topological polar surface area (TPSA) is 113 Å². The zero-order valence-corrected chi connectivity index (χ0v) is 24.2. The van der Waals surface area contributed by atoms with Crippen molar-refractivity contribution >= 4 is 28.6 Å². The van der Waals surface area contributed by atoms with Crippen molar-refractivity contribution in [3.8, 4) is 17.1 Å². The molecule has 11 heteroatoms. The van der Waals surface area contributed by atoms with Gasteiger partial charge < -0.3 is 25.0 Å². The molecule has 0 amide bonds. The normalized spacial score (nSPS) is 15.3. The Hall–Kier alpha value is -3.31. The number of imidazole rings is 1. The minimum atomic E-state index is -0.960. The van der Waals surface area contributed by atoms with Crippen LogP contribution in [0.25, 0.3) is 22.6 Å². The van der Waals surface area contributed by atoms with E-state index in [0.717, 1.165) is 49.5 Å². The fourth-order valence-electron chi connectivity index (χ4n) is 4.62. The molecule has 0 radical (unpaired) electrons. The van der Waals surface area contributed by atoms with Gasteiger partial charge in [-0.15, -0.1) is 0 Å². The lowest BCUT2D eigenvalue weighted by molar-refractivity contribution is 0.0648. The van der Waals surface area contributed by atoms with Crippen LogP contribution in [0.2, 0.25) is 5.02 Å². The van der Waals surface area contributed by atoms with Gasteiger partial charge in [-0.25, -0.2) is 15.0 Å². The van der Waals surface area contributed by atoms with E-state index in [1.165, 1.54) is 6.33 Å². The van der Waals surface area contributed by atoms with Crippen molar-refractivity contribution in [2.75, 3.05) is 44.6 Å². The van der Waals surface area contributed by atoms with E-state index < -0.39 is 5.60 Å². The highest BCUT2D eigenvalue weighted by atomic mass is 35.5. The number of rotatable bonds is 10. The molecule has 4 aromatic rings. The van der Waals surface area contributed by atoms with E-state index in [0.29, 0.717) is 46.7 Å². The van der Waals surface area contributed by atoms with Crippen LogP contribution in [0.4, 0.5) is 5.82 Å². The number of aromatic nitrogens is 5. The van der Waals surface area contributed by atoms with Gasteiger partial charge in [-0.3, -0.25) is 9.88 Å². The fourth-order valence-corrected chi connectivity index (χ4v) is 4.88. The van der Waals surface area contributed by atoms with Crippen LogP contribution >= 0.6 is 11.6 Å². The Bertz CT molecular complexity index is 1460. The predicted molar refractivity (Wildman–Crippen MR) is 158 cm³/mol. The lowest BCUT2D eigenvalue weighted by Gasteiger charge is -2.27. The SMILES string of the molecule is Cc1ccnc(Cn2c(-c3ccc(OCCN4CCNCC4)cc3Cl)nc3c(N[C@@H](C)C(C)(C)O)ncnc32)c1. The summed E-state index contributed by atoms with van der Waals surface area (Å²) >= 11 is 6.85. The van der Waals surface area contributed by atoms with E-state index in [4.69, 9.17) is 21.3 Å². The van der Waals surface area contributed by atoms with Gasteiger partial charge in [-0.2, -0.15) is 0 Å². The first-order chi connectivity index (χ1) is 19.2. The third-order valence-corrected chi connectivity index (χ3v) is 7.62. The second-order valence-corrected chi connectivity index (χ2v) is 11.2. The van der Waals surface area contributed by atoms with Crippen molar-refractivity contribution in [3.05, 3.63) is 59.1 Å². The van der Waals surface area contributed by atoms with Gasteiger partial charge in [0, 0.05) is 44.5 Å². The van der Waals surface area contributed by atoms with Gasteiger partial charge in [-0.1, -0.05) is 11.6 Å². The molecule has 0 unspecified atom stereocenters. The van der Waals surface area contributed by atoms with Gasteiger partial charge in [0.2, 0.25) is 0 Å². The first-order valence-electron chi connectivity index (χ1n) is 13.7. The number of hydrogen-bond donors (Lipinski definition) is 3. The molecule has 0 bridgehead atoms. The number of nitrogens with zero attached hydrogens (tertiary/aromatic N) is 6. The monoisotopic (exact) mass is 564 g/mol. The summed E-state index contributed by atoms with van der Waals surface area (Å²) in [7, 11) is 0. The molecule has 1 atom stereocenters. The first kappa shape index (κ1) is 28.2. The highest BCUT2D eigenvalue weighted by molar-refractivity contribution is 6.33. The van der Waals surface area contributed by atoms with Gasteiger partial charge in [0.15, 0.2) is 17.0 Å². The molecule has 5 rings (SSSR count). The summed E-state index contributed by atoms with van der Waals surface area (Å²) in [6, 6.07) is 9.43. The number of nitrogens with one attached hydrogen (secondary N) is 2. The molecular formula is C29H37ClN8O2. The van der Waals surface area contributed by atoms with Crippen molar-refractivity contribution in [3.63, 3.8) is 0 Å². The van der Waals surface area contributed by atoms with Crippen LogP contribution in [0.15, 0.2) is 42.9 Å². The van der Waals surface area contributed by atoms with E-state index in [9.17, 15) is 5.11 Å². The molecule has 3 aromatic heterocycles. The minimum absolute atomic E-state index is 0.279. The lowest BCUT2D eigenvalue weighted by Crippen LogP contribution is -2.44. The number of piperazine rings is 1. The maximum absolute atomic E-state index is 10.5. The standard InChI is InChI=1S/C29H37ClN8O2/c1-19-7-8-32-21(15-19)17-38-27(36-25-26(33-18-34-28(25)38)35-20(2)29(3,4)39)23-6-5-22(16-24(23)30)40-14-13-37-11-9-31-10-12-37/h5-8,15-16,18,20,31,39H,9-14,17H2,1-4H3,(H,33,34,35)/t20-/m0/s1. The van der Waals surface area contributed by atoms with Crippen molar-refractivity contribution in [2.45, 2.75) is 45.9 Å². The van der Waals surface area contributed by atoms with Gasteiger partial charge in [-0.05, 0) is 63.6 Å². The van der Waals surface area contributed by atoms with Gasteiger partial charge in [0.05, 0.1) is 28.9 Å². The summed E-state index contributed by atoms with van der Waals surface area (Å²) < 4.78 is 8.04. The van der Waals surface area contributed by atoms with Crippen LogP contribution in [0.5, 0.6) is 5.75 Å². The first-order valence-corrected chi connectivity index (χ1v) is 14.0. The number of ether oxygens (including phenoxy) is 1. The third-order valence-electron chi connectivity index (χ3n) is 7.30. The predicted octanol–water partition coefficient (Wildman–Crippen LogP) is 3.75. The number of hydrogen-bond acceptors (Lipinski definition) is 9. The minimum Gasteiger partial charge on any atom is -0.492 e. The third kappa shape index (κ3) is 6.52. The van der Waals surface area contributed by atoms with Crippen LogP contribution in [0.3, 0.4) is 0 Å². The van der Waals surface area contributed by atoms with Crippen LogP contribution in [-0.2, 0) is 6.54 Å². The number of pyridine rings is 1. The summed E-state index contributed by atoms with van der Waals surface area (Å²) in [5.74, 6) is 1.91. The molecule has 1 fully saturated rings. The Balaban J connectivity index is 1.48. The smallest absolute Gasteiger partial charge is 0.166 e. The van der Waals surface area contributed by atoms with Crippen molar-refractivity contribution in [1.29, 1.82) is 0 Å². The second kappa shape index (κ2) is 12.1. The fraction of sp³-hybridized carbons (Fsp3) is 0.448. The lowest BCUT2D eigenvalue weighted by atomic mass is 10.0. The Labute approximate surface area is 239 Å². The van der Waals surface area contributed by atoms with Gasteiger partial charge in [0.1, 0.15) is 24.5 Å². The number of fused-ring (bicyclic) bond motifs is 1. The average molecular weight is 565 g/mol. The van der Waals surface area contributed by atoms with Crippen molar-refractivity contribution in [2.24, 2.45) is 0 Å². The van der Waals surface area contributed by atoms with Gasteiger partial charge >= 0.3 is 0 Å². The maximum atomic E-state index is 10.5. The zero-order valence-electron chi connectivity index (χ0n) is 23.5. The highest BCUT2D eigenvalue weighted by Crippen LogP contribution is 2.34.